The minimum atomic E-state index is -0.0895. The average molecular weight is 270 g/mol. The van der Waals surface area contributed by atoms with Gasteiger partial charge in [-0.2, -0.15) is 0 Å². The lowest BCUT2D eigenvalue weighted by atomic mass is 10.1. The van der Waals surface area contributed by atoms with Gasteiger partial charge in [0.1, 0.15) is 11.5 Å². The summed E-state index contributed by atoms with van der Waals surface area (Å²) in [5.41, 5.74) is 1.64. The molecule has 0 spiro atoms. The van der Waals surface area contributed by atoms with E-state index in [0.717, 1.165) is 17.7 Å². The normalized spacial score (nSPS) is 10.1. The van der Waals surface area contributed by atoms with E-state index < -0.39 is 0 Å². The molecule has 3 heteroatoms. The molecule has 0 aliphatic carbocycles. The Kier molecular flexibility index (Phi) is 4.77. The van der Waals surface area contributed by atoms with Gasteiger partial charge in [0.05, 0.1) is 12.7 Å². The van der Waals surface area contributed by atoms with Gasteiger partial charge in [0.15, 0.2) is 6.61 Å². The number of ether oxygens (including phenoxy) is 2. The summed E-state index contributed by atoms with van der Waals surface area (Å²) in [5.74, 6) is 1.25. The van der Waals surface area contributed by atoms with E-state index >= 15 is 0 Å². The van der Waals surface area contributed by atoms with Crippen LogP contribution in [-0.4, -0.2) is 19.5 Å². The highest BCUT2D eigenvalue weighted by Crippen LogP contribution is 2.21. The van der Waals surface area contributed by atoms with Crippen LogP contribution in [0, 0.1) is 0 Å². The molecular formula is C17H18O3. The van der Waals surface area contributed by atoms with Crippen LogP contribution in [0.5, 0.6) is 11.5 Å². The Hall–Kier alpha value is -2.29. The van der Waals surface area contributed by atoms with E-state index in [4.69, 9.17) is 9.47 Å². The van der Waals surface area contributed by atoms with Crippen LogP contribution in [0.1, 0.15) is 22.8 Å². The van der Waals surface area contributed by atoms with E-state index in [2.05, 4.69) is 6.92 Å². The van der Waals surface area contributed by atoms with Crippen LogP contribution >= 0.6 is 0 Å². The van der Waals surface area contributed by atoms with Crippen LogP contribution in [0.15, 0.2) is 48.5 Å². The first-order valence-corrected chi connectivity index (χ1v) is 6.63. The van der Waals surface area contributed by atoms with Gasteiger partial charge in [-0.3, -0.25) is 4.79 Å². The molecule has 0 aromatic heterocycles. The lowest BCUT2D eigenvalue weighted by molar-refractivity contribution is 0.0918. The molecule has 0 unspecified atom stereocenters. The van der Waals surface area contributed by atoms with E-state index in [1.807, 2.05) is 36.4 Å². The van der Waals surface area contributed by atoms with Gasteiger partial charge < -0.3 is 9.47 Å². The Morgan fingerprint density at radius 2 is 1.65 bits per heavy atom. The fourth-order valence-corrected chi connectivity index (χ4v) is 2.03. The van der Waals surface area contributed by atoms with Crippen molar-refractivity contribution < 1.29 is 14.3 Å². The van der Waals surface area contributed by atoms with Crippen molar-refractivity contribution in [3.63, 3.8) is 0 Å². The maximum Gasteiger partial charge on any atom is 0.203 e. The first-order valence-electron chi connectivity index (χ1n) is 6.63. The Bertz CT molecular complexity index is 590. The Morgan fingerprint density at radius 1 is 1.00 bits per heavy atom. The smallest absolute Gasteiger partial charge is 0.203 e. The van der Waals surface area contributed by atoms with Crippen LogP contribution in [-0.2, 0) is 6.42 Å². The molecule has 0 bridgehead atoms. The van der Waals surface area contributed by atoms with E-state index in [-0.39, 0.29) is 12.4 Å². The summed E-state index contributed by atoms with van der Waals surface area (Å²) in [4.78, 5) is 12.2. The number of carbonyl (C=O) groups is 1. The predicted molar refractivity (Wildman–Crippen MR) is 78.6 cm³/mol. The number of hydrogen-bond donors (Lipinski definition) is 0. The van der Waals surface area contributed by atoms with E-state index in [1.54, 1.807) is 19.2 Å². The summed E-state index contributed by atoms with van der Waals surface area (Å²) in [6.45, 7) is 2.07. The third kappa shape index (κ3) is 3.18. The Labute approximate surface area is 119 Å². The number of rotatable bonds is 6. The first kappa shape index (κ1) is 14.1. The van der Waals surface area contributed by atoms with E-state index in [9.17, 15) is 4.79 Å². The second-order valence-electron chi connectivity index (χ2n) is 4.37. The predicted octanol–water partition coefficient (Wildman–Crippen LogP) is 3.52. The molecule has 2 aromatic rings. The number of methoxy groups -OCH3 is 1. The molecule has 0 saturated carbocycles. The number of para-hydroxylation sites is 2. The molecule has 0 heterocycles. The second kappa shape index (κ2) is 6.75. The summed E-state index contributed by atoms with van der Waals surface area (Å²) < 4.78 is 10.8. The van der Waals surface area contributed by atoms with Crippen molar-refractivity contribution in [3.05, 3.63) is 59.7 Å². The van der Waals surface area contributed by atoms with Crippen molar-refractivity contribution in [2.45, 2.75) is 13.3 Å². The second-order valence-corrected chi connectivity index (χ2v) is 4.37. The highest BCUT2D eigenvalue weighted by molar-refractivity contribution is 5.99. The molecule has 3 nitrogen and oxygen atoms in total. The number of aryl methyl sites for hydroxylation is 1. The highest BCUT2D eigenvalue weighted by Gasteiger charge is 2.12. The van der Waals surface area contributed by atoms with Gasteiger partial charge in [-0.1, -0.05) is 37.3 Å². The molecule has 0 radical (unpaired) electrons. The van der Waals surface area contributed by atoms with Gasteiger partial charge in [-0.05, 0) is 30.2 Å². The summed E-state index contributed by atoms with van der Waals surface area (Å²) in [6.07, 6.45) is 0.874. The maximum absolute atomic E-state index is 12.2. The SMILES string of the molecule is CCc1ccccc1OCC(=O)c1ccccc1OC. The molecule has 0 fully saturated rings. The topological polar surface area (TPSA) is 35.5 Å². The van der Waals surface area contributed by atoms with E-state index in [1.165, 1.54) is 0 Å². The van der Waals surface area contributed by atoms with Crippen molar-refractivity contribution in [1.29, 1.82) is 0 Å². The van der Waals surface area contributed by atoms with Crippen molar-refractivity contribution >= 4 is 5.78 Å². The molecule has 0 aliphatic rings. The van der Waals surface area contributed by atoms with Gasteiger partial charge in [0, 0.05) is 0 Å². The highest BCUT2D eigenvalue weighted by atomic mass is 16.5. The molecule has 0 aliphatic heterocycles. The standard InChI is InChI=1S/C17H18O3/c1-3-13-8-4-6-10-16(13)20-12-15(18)14-9-5-7-11-17(14)19-2/h4-11H,3,12H2,1-2H3. The summed E-state index contributed by atoms with van der Waals surface area (Å²) in [7, 11) is 1.55. The quantitative estimate of drug-likeness (QED) is 0.753. The van der Waals surface area contributed by atoms with Crippen LogP contribution in [0.2, 0.25) is 0 Å². The molecule has 2 aromatic carbocycles. The van der Waals surface area contributed by atoms with Gasteiger partial charge in [-0.15, -0.1) is 0 Å². The number of Topliss-reactive ketones (excluding diaryl/α,β-unsaturated/α-hetero) is 1. The third-order valence-electron chi connectivity index (χ3n) is 3.12. The molecule has 0 N–H and O–H groups in total. The van der Waals surface area contributed by atoms with Crippen molar-refractivity contribution in [2.24, 2.45) is 0 Å². The zero-order valence-electron chi connectivity index (χ0n) is 11.8. The Morgan fingerprint density at radius 3 is 2.35 bits per heavy atom. The molecule has 0 saturated heterocycles. The maximum atomic E-state index is 12.2. The molecule has 0 atom stereocenters. The number of benzene rings is 2. The average Bonchev–Trinajstić information content (AvgIpc) is 2.52. The van der Waals surface area contributed by atoms with Crippen molar-refractivity contribution in [1.82, 2.24) is 0 Å². The van der Waals surface area contributed by atoms with Gasteiger partial charge in [0.25, 0.3) is 0 Å². The largest absolute Gasteiger partial charge is 0.496 e. The summed E-state index contributed by atoms with van der Waals surface area (Å²) in [6, 6.07) is 14.9. The van der Waals surface area contributed by atoms with Crippen molar-refractivity contribution in [2.75, 3.05) is 13.7 Å². The monoisotopic (exact) mass is 270 g/mol. The number of ketones is 1. The van der Waals surface area contributed by atoms with Crippen molar-refractivity contribution in [3.8, 4) is 11.5 Å². The molecule has 20 heavy (non-hydrogen) atoms. The van der Waals surface area contributed by atoms with Crippen LogP contribution in [0.4, 0.5) is 0 Å². The lowest BCUT2D eigenvalue weighted by Gasteiger charge is -2.11. The van der Waals surface area contributed by atoms with E-state index in [0.29, 0.717) is 11.3 Å². The zero-order chi connectivity index (χ0) is 14.4. The van der Waals surface area contributed by atoms with Gasteiger partial charge in [0.2, 0.25) is 5.78 Å². The fraction of sp³-hybridized carbons (Fsp3) is 0.235. The summed E-state index contributed by atoms with van der Waals surface area (Å²) >= 11 is 0. The Balaban J connectivity index is 2.09. The molecule has 2 rings (SSSR count). The molecule has 104 valence electrons. The van der Waals surface area contributed by atoms with Crippen LogP contribution < -0.4 is 9.47 Å². The van der Waals surface area contributed by atoms with Crippen LogP contribution in [0.3, 0.4) is 0 Å². The lowest BCUT2D eigenvalue weighted by Crippen LogP contribution is -2.13. The summed E-state index contributed by atoms with van der Waals surface area (Å²) in [5, 5.41) is 0. The third-order valence-corrected chi connectivity index (χ3v) is 3.12. The molecule has 0 amide bonds. The minimum Gasteiger partial charge on any atom is -0.496 e. The van der Waals surface area contributed by atoms with Gasteiger partial charge >= 0.3 is 0 Å². The minimum absolute atomic E-state index is 0.0113. The first-order chi connectivity index (χ1) is 9.76. The van der Waals surface area contributed by atoms with Crippen LogP contribution in [0.25, 0.3) is 0 Å². The van der Waals surface area contributed by atoms with Gasteiger partial charge in [-0.25, -0.2) is 0 Å². The number of hydrogen-bond acceptors (Lipinski definition) is 3. The number of carbonyl (C=O) groups excluding carboxylic acids is 1. The molecular weight excluding hydrogens is 252 g/mol. The fourth-order valence-electron chi connectivity index (χ4n) is 2.03. The zero-order valence-corrected chi connectivity index (χ0v) is 11.8.